The molecule has 0 atom stereocenters. The lowest BCUT2D eigenvalue weighted by Crippen LogP contribution is -2.17. The molecule has 2 rings (SSSR count). The number of para-hydroxylation sites is 1. The van der Waals surface area contributed by atoms with E-state index in [9.17, 15) is 14.9 Å². The molecule has 0 saturated heterocycles. The van der Waals surface area contributed by atoms with Crippen molar-refractivity contribution < 1.29 is 14.5 Å². The third-order valence-corrected chi connectivity index (χ3v) is 2.68. The summed E-state index contributed by atoms with van der Waals surface area (Å²) in [5.74, 6) is 0.353. The van der Waals surface area contributed by atoms with Crippen LogP contribution in [0.2, 0.25) is 5.02 Å². The fraction of sp³-hybridized carbons (Fsp3) is 0. The molecule has 0 radical (unpaired) electrons. The van der Waals surface area contributed by atoms with E-state index in [4.69, 9.17) is 16.3 Å². The van der Waals surface area contributed by atoms with Crippen LogP contribution in [-0.4, -0.2) is 11.0 Å². The molecule has 0 aliphatic carbocycles. The maximum atomic E-state index is 11.7. The summed E-state index contributed by atoms with van der Waals surface area (Å²) in [7, 11) is 0. The van der Waals surface area contributed by atoms with Crippen molar-refractivity contribution in [3.8, 4) is 5.75 Å². The number of nitro groups is 1. The van der Waals surface area contributed by atoms with Gasteiger partial charge in [-0.15, -0.1) is 0 Å². The Hall–Kier alpha value is -2.60. The smallest absolute Gasteiger partial charge is 0.410 e. The molecule has 0 aliphatic rings. The molecule has 0 bridgehead atoms. The van der Waals surface area contributed by atoms with Crippen molar-refractivity contribution in [3.63, 3.8) is 0 Å². The van der Waals surface area contributed by atoms with E-state index >= 15 is 0 Å². The number of hydrogen-bond donors (Lipinski definition) is 1. The topological polar surface area (TPSA) is 81.5 Å². The van der Waals surface area contributed by atoms with Crippen LogP contribution >= 0.6 is 11.6 Å². The van der Waals surface area contributed by atoms with Gasteiger partial charge in [-0.3, -0.25) is 15.4 Å². The van der Waals surface area contributed by atoms with Crippen molar-refractivity contribution >= 4 is 29.1 Å². The van der Waals surface area contributed by atoms with Crippen LogP contribution in [0.5, 0.6) is 5.75 Å². The maximum Gasteiger partial charge on any atom is 0.417 e. The first-order valence-electron chi connectivity index (χ1n) is 5.54. The largest absolute Gasteiger partial charge is 0.417 e. The number of hydrogen-bond acceptors (Lipinski definition) is 4. The van der Waals surface area contributed by atoms with Crippen LogP contribution in [0.25, 0.3) is 0 Å². The molecular formula is C13H9ClN2O4. The molecule has 1 N–H and O–H groups in total. The highest BCUT2D eigenvalue weighted by Gasteiger charge is 2.13. The number of carbonyl (C=O) groups is 1. The molecule has 2 aromatic rings. The minimum atomic E-state index is -0.779. The van der Waals surface area contributed by atoms with Gasteiger partial charge in [0, 0.05) is 12.1 Å². The molecular weight excluding hydrogens is 284 g/mol. The monoisotopic (exact) mass is 292 g/mol. The van der Waals surface area contributed by atoms with Crippen LogP contribution < -0.4 is 10.1 Å². The molecule has 0 aromatic heterocycles. The quantitative estimate of drug-likeness (QED) is 0.688. The number of anilines is 1. The Bertz CT molecular complexity index is 646. The van der Waals surface area contributed by atoms with Gasteiger partial charge in [-0.2, -0.15) is 0 Å². The normalized spacial score (nSPS) is 9.85. The molecule has 20 heavy (non-hydrogen) atoms. The second-order valence-electron chi connectivity index (χ2n) is 3.75. The Balaban J connectivity index is 2.11. The van der Waals surface area contributed by atoms with Gasteiger partial charge in [0.1, 0.15) is 5.75 Å². The summed E-state index contributed by atoms with van der Waals surface area (Å²) >= 11 is 5.86. The van der Waals surface area contributed by atoms with Crippen LogP contribution in [0.15, 0.2) is 48.5 Å². The van der Waals surface area contributed by atoms with Gasteiger partial charge < -0.3 is 4.74 Å². The van der Waals surface area contributed by atoms with Crippen molar-refractivity contribution in [3.05, 3.63) is 63.7 Å². The van der Waals surface area contributed by atoms with Gasteiger partial charge in [0.05, 0.1) is 15.6 Å². The van der Waals surface area contributed by atoms with Gasteiger partial charge in [0.2, 0.25) is 0 Å². The average molecular weight is 293 g/mol. The zero-order valence-corrected chi connectivity index (χ0v) is 10.8. The van der Waals surface area contributed by atoms with Gasteiger partial charge in [0.25, 0.3) is 5.69 Å². The number of rotatable bonds is 3. The summed E-state index contributed by atoms with van der Waals surface area (Å²) in [6.07, 6.45) is -0.779. The third kappa shape index (κ3) is 3.46. The number of benzene rings is 2. The van der Waals surface area contributed by atoms with E-state index in [0.29, 0.717) is 5.75 Å². The third-order valence-electron chi connectivity index (χ3n) is 2.35. The molecule has 0 aliphatic heterocycles. The second kappa shape index (κ2) is 6.03. The molecule has 0 fully saturated rings. The SMILES string of the molecule is O=C(Nc1cc([N+](=O)[O-])ccc1Cl)Oc1ccccc1. The van der Waals surface area contributed by atoms with E-state index in [1.807, 2.05) is 0 Å². The highest BCUT2D eigenvalue weighted by molar-refractivity contribution is 6.33. The molecule has 2 aromatic carbocycles. The van der Waals surface area contributed by atoms with Crippen LogP contribution in [0.3, 0.4) is 0 Å². The first kappa shape index (κ1) is 13.8. The summed E-state index contributed by atoms with van der Waals surface area (Å²) in [6.45, 7) is 0. The fourth-order valence-corrected chi connectivity index (χ4v) is 1.62. The minimum absolute atomic E-state index is 0.113. The lowest BCUT2D eigenvalue weighted by atomic mass is 10.3. The van der Waals surface area contributed by atoms with E-state index < -0.39 is 11.0 Å². The van der Waals surface area contributed by atoms with Crippen molar-refractivity contribution in [1.82, 2.24) is 0 Å². The summed E-state index contributed by atoms with van der Waals surface area (Å²) < 4.78 is 5.00. The zero-order valence-electron chi connectivity index (χ0n) is 10.1. The number of nitrogens with zero attached hydrogens (tertiary/aromatic N) is 1. The molecule has 0 saturated carbocycles. The maximum absolute atomic E-state index is 11.7. The first-order chi connectivity index (χ1) is 9.56. The van der Waals surface area contributed by atoms with E-state index in [2.05, 4.69) is 5.32 Å². The predicted molar refractivity (Wildman–Crippen MR) is 74.2 cm³/mol. The molecule has 0 spiro atoms. The lowest BCUT2D eigenvalue weighted by Gasteiger charge is -2.07. The van der Waals surface area contributed by atoms with Crippen LogP contribution in [0.4, 0.5) is 16.2 Å². The van der Waals surface area contributed by atoms with Crippen LogP contribution in [0, 0.1) is 10.1 Å². The van der Waals surface area contributed by atoms with Crippen molar-refractivity contribution in [2.45, 2.75) is 0 Å². The molecule has 1 amide bonds. The predicted octanol–water partition coefficient (Wildman–Crippen LogP) is 3.86. The Morgan fingerprint density at radius 1 is 1.20 bits per heavy atom. The van der Waals surface area contributed by atoms with E-state index in [1.165, 1.54) is 12.1 Å². The standard InChI is InChI=1S/C13H9ClN2O4/c14-11-7-6-9(16(18)19)8-12(11)15-13(17)20-10-4-2-1-3-5-10/h1-8H,(H,15,17). The molecule has 7 heteroatoms. The lowest BCUT2D eigenvalue weighted by molar-refractivity contribution is -0.384. The molecule has 6 nitrogen and oxygen atoms in total. The number of amides is 1. The van der Waals surface area contributed by atoms with Gasteiger partial charge >= 0.3 is 6.09 Å². The van der Waals surface area contributed by atoms with Crippen molar-refractivity contribution in [2.75, 3.05) is 5.32 Å². The zero-order chi connectivity index (χ0) is 14.5. The van der Waals surface area contributed by atoms with Crippen molar-refractivity contribution in [1.29, 1.82) is 0 Å². The summed E-state index contributed by atoms with van der Waals surface area (Å²) in [5.41, 5.74) is -0.0637. The van der Waals surface area contributed by atoms with Crippen LogP contribution in [-0.2, 0) is 0 Å². The van der Waals surface area contributed by atoms with Crippen molar-refractivity contribution in [2.24, 2.45) is 0 Å². The van der Waals surface area contributed by atoms with Gasteiger partial charge in [-0.25, -0.2) is 4.79 Å². The molecule has 0 unspecified atom stereocenters. The van der Waals surface area contributed by atoms with Gasteiger partial charge in [0.15, 0.2) is 0 Å². The number of non-ortho nitro benzene ring substituents is 1. The van der Waals surface area contributed by atoms with E-state index in [0.717, 1.165) is 6.07 Å². The molecule has 102 valence electrons. The average Bonchev–Trinajstić information content (AvgIpc) is 2.42. The summed E-state index contributed by atoms with van der Waals surface area (Å²) in [4.78, 5) is 21.7. The first-order valence-corrected chi connectivity index (χ1v) is 5.92. The number of nitro benzene ring substituents is 1. The Morgan fingerprint density at radius 2 is 1.90 bits per heavy atom. The number of carbonyl (C=O) groups excluding carboxylic acids is 1. The number of ether oxygens (including phenoxy) is 1. The summed E-state index contributed by atoms with van der Waals surface area (Å²) in [5, 5.41) is 13.2. The Morgan fingerprint density at radius 3 is 2.55 bits per heavy atom. The molecule has 0 heterocycles. The Kier molecular flexibility index (Phi) is 4.17. The van der Waals surface area contributed by atoms with Crippen LogP contribution in [0.1, 0.15) is 0 Å². The fourth-order valence-electron chi connectivity index (χ4n) is 1.45. The van der Waals surface area contributed by atoms with Gasteiger partial charge in [-0.05, 0) is 18.2 Å². The highest BCUT2D eigenvalue weighted by atomic mass is 35.5. The minimum Gasteiger partial charge on any atom is -0.410 e. The highest BCUT2D eigenvalue weighted by Crippen LogP contribution is 2.26. The second-order valence-corrected chi connectivity index (χ2v) is 4.16. The Labute approximate surface area is 119 Å². The number of nitrogens with one attached hydrogen (secondary N) is 1. The summed E-state index contributed by atoms with van der Waals surface area (Å²) in [6, 6.07) is 12.2. The van der Waals surface area contributed by atoms with E-state index in [1.54, 1.807) is 30.3 Å². The van der Waals surface area contributed by atoms with E-state index in [-0.39, 0.29) is 16.4 Å². The number of halogens is 1. The van der Waals surface area contributed by atoms with Gasteiger partial charge in [-0.1, -0.05) is 29.8 Å².